The number of nitrogens with one attached hydrogen (secondary N) is 3. The average Bonchev–Trinajstić information content (AvgIpc) is 2.99. The number of pyridine rings is 1. The van der Waals surface area contributed by atoms with Gasteiger partial charge in [-0.3, -0.25) is 15.4 Å². The summed E-state index contributed by atoms with van der Waals surface area (Å²) >= 11 is 0. The predicted octanol–water partition coefficient (Wildman–Crippen LogP) is 1.52. The van der Waals surface area contributed by atoms with E-state index < -0.39 is 24.5 Å². The van der Waals surface area contributed by atoms with Crippen molar-refractivity contribution in [2.45, 2.75) is 38.6 Å². The first-order chi connectivity index (χ1) is 14.7. The van der Waals surface area contributed by atoms with Crippen LogP contribution in [0.3, 0.4) is 0 Å². The number of amides is 1. The smallest absolute Gasteiger partial charge is 0.411 e. The molecule has 10 heteroatoms. The van der Waals surface area contributed by atoms with Crippen molar-refractivity contribution in [3.05, 3.63) is 47.5 Å². The third-order valence-corrected chi connectivity index (χ3v) is 4.61. The molecule has 2 aromatic rings. The zero-order valence-electron chi connectivity index (χ0n) is 17.3. The Morgan fingerprint density at radius 1 is 1.23 bits per heavy atom. The molecule has 6 N–H and O–H groups in total. The zero-order chi connectivity index (χ0) is 23.0. The quantitative estimate of drug-likeness (QED) is 0.500. The second-order valence-electron chi connectivity index (χ2n) is 6.95. The number of carboxylic acid groups (broad SMARTS) is 2. The van der Waals surface area contributed by atoms with Gasteiger partial charge in [-0.05, 0) is 36.5 Å². The Labute approximate surface area is 179 Å². The number of aliphatic carboxylic acids is 2. The van der Waals surface area contributed by atoms with Gasteiger partial charge in [-0.25, -0.2) is 9.78 Å². The van der Waals surface area contributed by atoms with Gasteiger partial charge in [-0.2, -0.15) is 0 Å². The van der Waals surface area contributed by atoms with Gasteiger partial charge in [0.1, 0.15) is 5.69 Å². The molecule has 1 aromatic heterocycles. The molecule has 2 unspecified atom stereocenters. The summed E-state index contributed by atoms with van der Waals surface area (Å²) in [6.45, 7) is 4.31. The minimum atomic E-state index is -1.56. The Balaban J connectivity index is 0.000000423. The van der Waals surface area contributed by atoms with Crippen LogP contribution in [0.2, 0.25) is 0 Å². The number of rotatable bonds is 6. The minimum absolute atomic E-state index is 0.246. The Morgan fingerprint density at radius 3 is 2.45 bits per heavy atom. The van der Waals surface area contributed by atoms with E-state index in [1.165, 1.54) is 11.1 Å². The summed E-state index contributed by atoms with van der Waals surface area (Å²) in [5.41, 5.74) is 9.21. The number of carbonyl (C=O) groups is 3. The first-order valence-corrected chi connectivity index (χ1v) is 9.73. The van der Waals surface area contributed by atoms with Gasteiger partial charge in [0.05, 0.1) is 25.0 Å². The summed E-state index contributed by atoms with van der Waals surface area (Å²) in [7, 11) is 0. The molecule has 3 rings (SSSR count). The van der Waals surface area contributed by atoms with Crippen LogP contribution in [0.15, 0.2) is 36.4 Å². The molecular weight excluding hydrogens is 404 g/mol. The highest BCUT2D eigenvalue weighted by Gasteiger charge is 2.30. The van der Waals surface area contributed by atoms with E-state index >= 15 is 0 Å². The van der Waals surface area contributed by atoms with Crippen LogP contribution in [0.4, 0.5) is 22.1 Å². The van der Waals surface area contributed by atoms with Crippen LogP contribution < -0.4 is 26.5 Å². The second-order valence-corrected chi connectivity index (χ2v) is 6.95. The summed E-state index contributed by atoms with van der Waals surface area (Å²) in [6, 6.07) is 12.4. The van der Waals surface area contributed by atoms with Crippen molar-refractivity contribution < 1.29 is 34.3 Å². The number of fused-ring (bicyclic) bond motifs is 1. The number of anilines is 3. The molecule has 1 heterocycles. The third-order valence-electron chi connectivity index (χ3n) is 4.61. The van der Waals surface area contributed by atoms with Gasteiger partial charge >= 0.3 is 12.1 Å². The van der Waals surface area contributed by atoms with E-state index in [1.54, 1.807) is 13.0 Å². The Kier molecular flexibility index (Phi) is 8.18. The molecule has 10 nitrogen and oxygen atoms in total. The number of benzene rings is 1. The molecule has 0 fully saturated rings. The van der Waals surface area contributed by atoms with Crippen LogP contribution in [-0.4, -0.2) is 29.7 Å². The molecule has 1 amide bonds. The highest BCUT2D eigenvalue weighted by Crippen LogP contribution is 2.41. The Bertz CT molecular complexity index is 937. The van der Waals surface area contributed by atoms with E-state index in [2.05, 4.69) is 46.8 Å². The lowest BCUT2D eigenvalue weighted by Gasteiger charge is -2.12. The van der Waals surface area contributed by atoms with Gasteiger partial charge in [-0.15, -0.1) is 0 Å². The van der Waals surface area contributed by atoms with E-state index in [-0.39, 0.29) is 6.04 Å². The van der Waals surface area contributed by atoms with Crippen LogP contribution in [0.25, 0.3) is 0 Å². The van der Waals surface area contributed by atoms with E-state index in [4.69, 9.17) is 15.6 Å². The van der Waals surface area contributed by atoms with Gasteiger partial charge < -0.3 is 25.5 Å². The van der Waals surface area contributed by atoms with E-state index in [0.717, 1.165) is 12.2 Å². The number of carbonyl (C=O) groups excluding carboxylic acids is 2. The number of hydrogen-bond acceptors (Lipinski definition) is 7. The molecule has 31 heavy (non-hydrogen) atoms. The second kappa shape index (κ2) is 10.8. The Hall–Kier alpha value is -3.82. The number of aromatic amines is 1. The number of hydrogen-bond donors (Lipinski definition) is 4. The number of nitrogen functional groups attached to an aromatic ring is 1. The van der Waals surface area contributed by atoms with Crippen LogP contribution in [0.1, 0.15) is 49.8 Å². The topological polar surface area (TPSA) is 168 Å². The fraction of sp³-hybridized carbons (Fsp3) is 0.333. The van der Waals surface area contributed by atoms with Gasteiger partial charge in [0.2, 0.25) is 11.6 Å². The van der Waals surface area contributed by atoms with E-state index in [9.17, 15) is 19.5 Å². The first-order valence-electron chi connectivity index (χ1n) is 9.73. The normalized spacial score (nSPS) is 16.3. The summed E-state index contributed by atoms with van der Waals surface area (Å²) in [6.07, 6.45) is -0.396. The predicted molar refractivity (Wildman–Crippen MR) is 111 cm³/mol. The molecule has 0 bridgehead atoms. The molecule has 0 saturated heterocycles. The highest BCUT2D eigenvalue weighted by atomic mass is 16.5. The van der Waals surface area contributed by atoms with Crippen molar-refractivity contribution in [2.75, 3.05) is 23.0 Å². The van der Waals surface area contributed by atoms with Crippen LogP contribution >= 0.6 is 0 Å². The van der Waals surface area contributed by atoms with Crippen molar-refractivity contribution in [3.8, 4) is 0 Å². The van der Waals surface area contributed by atoms with Crippen LogP contribution in [-0.2, 0) is 14.3 Å². The molecule has 0 saturated carbocycles. The first kappa shape index (κ1) is 23.5. The van der Waals surface area contributed by atoms with Gasteiger partial charge in [0.15, 0.2) is 0 Å². The fourth-order valence-corrected chi connectivity index (χ4v) is 3.31. The van der Waals surface area contributed by atoms with Crippen LogP contribution in [0.5, 0.6) is 0 Å². The number of carboxylic acids is 2. The van der Waals surface area contributed by atoms with E-state index in [1.807, 2.05) is 6.07 Å². The molecule has 1 aromatic carbocycles. The molecule has 0 radical (unpaired) electrons. The molecule has 0 aliphatic heterocycles. The lowest BCUT2D eigenvalue weighted by molar-refractivity contribution is -0.342. The minimum Gasteiger partial charge on any atom is -0.550 e. The lowest BCUT2D eigenvalue weighted by atomic mass is 10.0. The monoisotopic (exact) mass is 430 g/mol. The molecular formula is C21H26N4O6. The largest absolute Gasteiger partial charge is 0.550 e. The number of aromatic nitrogens is 1. The molecule has 2 atom stereocenters. The summed E-state index contributed by atoms with van der Waals surface area (Å²) in [5, 5.41) is 23.1. The van der Waals surface area contributed by atoms with Crippen molar-refractivity contribution >= 4 is 35.4 Å². The molecule has 1 aliphatic carbocycles. The van der Waals surface area contributed by atoms with Crippen molar-refractivity contribution in [1.82, 2.24) is 0 Å². The summed E-state index contributed by atoms with van der Waals surface area (Å²) in [5.74, 6) is -1.21. The molecule has 1 aliphatic rings. The van der Waals surface area contributed by atoms with Crippen molar-refractivity contribution in [1.29, 1.82) is 0 Å². The maximum absolute atomic E-state index is 11.5. The lowest BCUT2D eigenvalue weighted by Crippen LogP contribution is -2.24. The van der Waals surface area contributed by atoms with Gasteiger partial charge in [0, 0.05) is 6.07 Å². The van der Waals surface area contributed by atoms with E-state index in [0.29, 0.717) is 24.0 Å². The number of nitrogens with two attached hydrogens (primary N) is 1. The molecule has 0 spiro atoms. The fourth-order valence-electron chi connectivity index (χ4n) is 3.31. The SMILES string of the molecule is CCOC(=O)Nc1ccc(NC2CC(C)c3ccccc32)[nH+]c1N.O=C([O-])CC(=O)O. The zero-order valence-corrected chi connectivity index (χ0v) is 17.3. The van der Waals surface area contributed by atoms with Crippen molar-refractivity contribution in [2.24, 2.45) is 0 Å². The maximum atomic E-state index is 11.5. The van der Waals surface area contributed by atoms with Gasteiger partial charge in [-0.1, -0.05) is 31.2 Å². The Morgan fingerprint density at radius 2 is 1.90 bits per heavy atom. The van der Waals surface area contributed by atoms with Crippen molar-refractivity contribution in [3.63, 3.8) is 0 Å². The maximum Gasteiger partial charge on any atom is 0.411 e. The highest BCUT2D eigenvalue weighted by molar-refractivity contribution is 5.88. The summed E-state index contributed by atoms with van der Waals surface area (Å²) < 4.78 is 4.85. The van der Waals surface area contributed by atoms with Gasteiger partial charge in [0.25, 0.3) is 0 Å². The average molecular weight is 430 g/mol. The summed E-state index contributed by atoms with van der Waals surface area (Å²) in [4.78, 5) is 33.3. The number of ether oxygens (including phenoxy) is 1. The molecule has 166 valence electrons. The third kappa shape index (κ3) is 6.88. The van der Waals surface area contributed by atoms with Crippen LogP contribution in [0, 0.1) is 0 Å². The number of H-pyrrole nitrogens is 1. The standard InChI is InChI=1S/C18H22N4O2.C3H4O4/c1-3-24-18(23)21-14-8-9-16(22-17(14)19)20-15-10-11(2)12-6-4-5-7-13(12)15;4-2(5)1-3(6)7/h4-9,11,15H,3,10H2,1-2H3,(H,21,23)(H3,19,20,22);1H2,(H,4,5)(H,6,7).